The van der Waals surface area contributed by atoms with Crippen LogP contribution in [0.5, 0.6) is 0 Å². The van der Waals surface area contributed by atoms with Crippen LogP contribution in [0.1, 0.15) is 26.2 Å². The van der Waals surface area contributed by atoms with E-state index < -0.39 is 0 Å². The van der Waals surface area contributed by atoms with Crippen molar-refractivity contribution in [3.63, 3.8) is 0 Å². The van der Waals surface area contributed by atoms with Gasteiger partial charge in [-0.25, -0.2) is 0 Å². The molecule has 13 heavy (non-hydrogen) atoms. The van der Waals surface area contributed by atoms with Crippen LogP contribution in [-0.2, 0) is 9.47 Å². The topological polar surface area (TPSA) is 38.7 Å². The summed E-state index contributed by atoms with van der Waals surface area (Å²) >= 11 is 0. The van der Waals surface area contributed by atoms with E-state index in [0.717, 1.165) is 32.5 Å². The van der Waals surface area contributed by atoms with Gasteiger partial charge in [0.25, 0.3) is 0 Å². The van der Waals surface area contributed by atoms with E-state index in [4.69, 9.17) is 9.47 Å². The Bertz CT molecular complexity index is 127. The normalized spacial score (nSPS) is 29.1. The lowest BCUT2D eigenvalue weighted by Gasteiger charge is -2.27. The van der Waals surface area contributed by atoms with Gasteiger partial charge in [0.2, 0.25) is 0 Å². The van der Waals surface area contributed by atoms with Crippen LogP contribution < -0.4 is 0 Å². The molecule has 0 spiro atoms. The number of hydrogen-bond donors (Lipinski definition) is 1. The van der Waals surface area contributed by atoms with E-state index in [1.807, 2.05) is 6.92 Å². The molecule has 1 N–H and O–H groups in total. The highest BCUT2D eigenvalue weighted by atomic mass is 16.5. The number of hydrogen-bond acceptors (Lipinski definition) is 3. The maximum absolute atomic E-state index is 9.60. The molecule has 1 heterocycles. The van der Waals surface area contributed by atoms with Crippen molar-refractivity contribution in [1.29, 1.82) is 0 Å². The lowest BCUT2D eigenvalue weighted by atomic mass is 9.94. The fourth-order valence-corrected chi connectivity index (χ4v) is 1.65. The second-order valence-corrected chi connectivity index (χ2v) is 3.53. The van der Waals surface area contributed by atoms with Crippen LogP contribution in [0, 0.1) is 5.92 Å². The van der Waals surface area contributed by atoms with Crippen LogP contribution in [0.2, 0.25) is 0 Å². The Morgan fingerprint density at radius 1 is 1.54 bits per heavy atom. The van der Waals surface area contributed by atoms with E-state index in [9.17, 15) is 5.11 Å². The van der Waals surface area contributed by atoms with Crippen LogP contribution in [0.15, 0.2) is 0 Å². The maximum Gasteiger partial charge on any atom is 0.0612 e. The van der Waals surface area contributed by atoms with Gasteiger partial charge in [0.1, 0.15) is 0 Å². The largest absolute Gasteiger partial charge is 0.393 e. The third-order valence-corrected chi connectivity index (χ3v) is 2.50. The van der Waals surface area contributed by atoms with Gasteiger partial charge in [-0.3, -0.25) is 0 Å². The van der Waals surface area contributed by atoms with E-state index >= 15 is 0 Å². The van der Waals surface area contributed by atoms with Crippen molar-refractivity contribution in [2.75, 3.05) is 26.4 Å². The van der Waals surface area contributed by atoms with E-state index in [2.05, 4.69) is 0 Å². The molecule has 0 aliphatic carbocycles. The Morgan fingerprint density at radius 2 is 2.38 bits per heavy atom. The number of aliphatic hydroxyl groups is 1. The molecule has 2 unspecified atom stereocenters. The fourth-order valence-electron chi connectivity index (χ4n) is 1.65. The van der Waals surface area contributed by atoms with Gasteiger partial charge in [-0.2, -0.15) is 0 Å². The molecule has 0 saturated carbocycles. The van der Waals surface area contributed by atoms with Crippen molar-refractivity contribution in [3.05, 3.63) is 0 Å². The summed E-state index contributed by atoms with van der Waals surface area (Å²) in [4.78, 5) is 0. The summed E-state index contributed by atoms with van der Waals surface area (Å²) in [6, 6.07) is 0. The third kappa shape index (κ3) is 4.07. The molecule has 2 atom stereocenters. The monoisotopic (exact) mass is 188 g/mol. The van der Waals surface area contributed by atoms with Crippen LogP contribution in [0.25, 0.3) is 0 Å². The zero-order valence-corrected chi connectivity index (χ0v) is 8.37. The van der Waals surface area contributed by atoms with Gasteiger partial charge >= 0.3 is 0 Å². The Balaban J connectivity index is 2.05. The van der Waals surface area contributed by atoms with Gasteiger partial charge in [0, 0.05) is 25.7 Å². The maximum atomic E-state index is 9.60. The standard InChI is InChI=1S/C10H20O3/c1-2-12-6-3-4-9-8-13-7-5-10(9)11/h9-11H,2-8H2,1H3. The molecule has 0 amide bonds. The lowest BCUT2D eigenvalue weighted by molar-refractivity contribution is -0.0407. The van der Waals surface area contributed by atoms with Gasteiger partial charge < -0.3 is 14.6 Å². The fraction of sp³-hybridized carbons (Fsp3) is 1.00. The highest BCUT2D eigenvalue weighted by Crippen LogP contribution is 2.19. The molecule has 0 aromatic rings. The average Bonchev–Trinajstić information content (AvgIpc) is 2.15. The first-order chi connectivity index (χ1) is 6.34. The molecule has 1 rings (SSSR count). The summed E-state index contributed by atoms with van der Waals surface area (Å²) in [5.41, 5.74) is 0. The molecular weight excluding hydrogens is 168 g/mol. The van der Waals surface area contributed by atoms with E-state index in [-0.39, 0.29) is 6.10 Å². The highest BCUT2D eigenvalue weighted by molar-refractivity contribution is 4.72. The quantitative estimate of drug-likeness (QED) is 0.659. The molecule has 0 bridgehead atoms. The van der Waals surface area contributed by atoms with Crippen LogP contribution in [-0.4, -0.2) is 37.6 Å². The Hall–Kier alpha value is -0.120. The molecule has 0 aromatic carbocycles. The van der Waals surface area contributed by atoms with Crippen LogP contribution in [0.4, 0.5) is 0 Å². The summed E-state index contributed by atoms with van der Waals surface area (Å²) in [7, 11) is 0. The molecule has 0 aromatic heterocycles. The Labute approximate surface area is 80.0 Å². The van der Waals surface area contributed by atoms with Crippen molar-refractivity contribution < 1.29 is 14.6 Å². The van der Waals surface area contributed by atoms with Crippen molar-refractivity contribution in [2.24, 2.45) is 5.92 Å². The van der Waals surface area contributed by atoms with Crippen LogP contribution in [0.3, 0.4) is 0 Å². The minimum atomic E-state index is -0.157. The van der Waals surface area contributed by atoms with Crippen molar-refractivity contribution in [2.45, 2.75) is 32.3 Å². The second-order valence-electron chi connectivity index (χ2n) is 3.53. The second kappa shape index (κ2) is 6.35. The summed E-state index contributed by atoms with van der Waals surface area (Å²) in [6.07, 6.45) is 2.68. The zero-order chi connectivity index (χ0) is 9.52. The predicted octanol–water partition coefficient (Wildman–Crippen LogP) is 1.20. The average molecular weight is 188 g/mol. The molecule has 1 fully saturated rings. The van der Waals surface area contributed by atoms with Gasteiger partial charge in [0.15, 0.2) is 0 Å². The summed E-state index contributed by atoms with van der Waals surface area (Å²) in [5, 5.41) is 9.60. The van der Waals surface area contributed by atoms with Gasteiger partial charge in [-0.1, -0.05) is 0 Å². The smallest absolute Gasteiger partial charge is 0.0612 e. The number of rotatable bonds is 5. The van der Waals surface area contributed by atoms with E-state index in [1.54, 1.807) is 0 Å². The predicted molar refractivity (Wildman–Crippen MR) is 50.7 cm³/mol. The summed E-state index contributed by atoms with van der Waals surface area (Å²) in [6.45, 7) is 5.01. The molecule has 3 nitrogen and oxygen atoms in total. The molecule has 0 radical (unpaired) electrons. The molecule has 1 aliphatic heterocycles. The zero-order valence-electron chi connectivity index (χ0n) is 8.37. The summed E-state index contributed by atoms with van der Waals surface area (Å²) in [5.74, 6) is 0.328. The highest BCUT2D eigenvalue weighted by Gasteiger charge is 2.22. The van der Waals surface area contributed by atoms with E-state index in [0.29, 0.717) is 19.1 Å². The van der Waals surface area contributed by atoms with Gasteiger partial charge in [-0.05, 0) is 26.2 Å². The minimum absolute atomic E-state index is 0.157. The first-order valence-electron chi connectivity index (χ1n) is 5.18. The van der Waals surface area contributed by atoms with Crippen molar-refractivity contribution >= 4 is 0 Å². The van der Waals surface area contributed by atoms with Crippen molar-refractivity contribution in [3.8, 4) is 0 Å². The molecular formula is C10H20O3. The molecule has 3 heteroatoms. The first kappa shape index (κ1) is 11.0. The van der Waals surface area contributed by atoms with Crippen molar-refractivity contribution in [1.82, 2.24) is 0 Å². The van der Waals surface area contributed by atoms with Crippen LogP contribution >= 0.6 is 0 Å². The Kier molecular flexibility index (Phi) is 5.35. The van der Waals surface area contributed by atoms with Gasteiger partial charge in [-0.15, -0.1) is 0 Å². The first-order valence-corrected chi connectivity index (χ1v) is 5.18. The summed E-state index contributed by atoms with van der Waals surface area (Å²) < 4.78 is 10.5. The molecule has 78 valence electrons. The molecule has 1 saturated heterocycles. The number of aliphatic hydroxyl groups excluding tert-OH is 1. The number of ether oxygens (including phenoxy) is 2. The molecule has 1 aliphatic rings. The minimum Gasteiger partial charge on any atom is -0.393 e. The van der Waals surface area contributed by atoms with Gasteiger partial charge in [0.05, 0.1) is 12.7 Å². The van der Waals surface area contributed by atoms with E-state index in [1.165, 1.54) is 0 Å². The SMILES string of the molecule is CCOCCCC1COCCC1O. The lowest BCUT2D eigenvalue weighted by Crippen LogP contribution is -2.31. The third-order valence-electron chi connectivity index (χ3n) is 2.50. The Morgan fingerprint density at radius 3 is 3.08 bits per heavy atom.